The fourth-order valence-electron chi connectivity index (χ4n) is 4.04. The summed E-state index contributed by atoms with van der Waals surface area (Å²) in [5.74, 6) is 0.659. The fourth-order valence-corrected chi connectivity index (χ4v) is 6.10. The minimum Gasteiger partial charge on any atom is -0.407 e. The Kier molecular flexibility index (Phi) is 10.4. The van der Waals surface area contributed by atoms with Crippen LogP contribution in [0.2, 0.25) is 0 Å². The molecule has 1 radical (unpaired) electrons. The van der Waals surface area contributed by atoms with E-state index in [1.807, 2.05) is 0 Å². The molecule has 161 valence electrons. The van der Waals surface area contributed by atoms with Crippen molar-refractivity contribution < 1.29 is 9.16 Å². The molecule has 2 aromatic carbocycles. The smallest absolute Gasteiger partial charge is 0.282 e. The van der Waals surface area contributed by atoms with Crippen molar-refractivity contribution in [3.8, 4) is 0 Å². The topological polar surface area (TPSA) is 18.5 Å². The van der Waals surface area contributed by atoms with Crippen LogP contribution in [-0.2, 0) is 9.16 Å². The van der Waals surface area contributed by atoms with Gasteiger partial charge in [0.05, 0.1) is 12.7 Å². The number of benzene rings is 2. The van der Waals surface area contributed by atoms with Gasteiger partial charge in [0, 0.05) is 6.61 Å². The second kappa shape index (κ2) is 13.6. The van der Waals surface area contributed by atoms with E-state index in [-0.39, 0.29) is 0 Å². The van der Waals surface area contributed by atoms with E-state index in [0.717, 1.165) is 19.6 Å². The van der Waals surface area contributed by atoms with Crippen molar-refractivity contribution in [2.75, 3.05) is 13.2 Å². The van der Waals surface area contributed by atoms with E-state index in [0.29, 0.717) is 12.0 Å². The largest absolute Gasteiger partial charge is 0.407 e. The molecule has 0 N–H and O–H groups in total. The molecule has 1 saturated carbocycles. The summed E-state index contributed by atoms with van der Waals surface area (Å²) in [6.07, 6.45) is 14.6. The van der Waals surface area contributed by atoms with Crippen molar-refractivity contribution in [2.24, 2.45) is 5.92 Å². The van der Waals surface area contributed by atoms with E-state index < -0.39 is 9.04 Å². The van der Waals surface area contributed by atoms with Crippen molar-refractivity contribution >= 4 is 19.4 Å². The molecule has 3 rings (SSSR count). The van der Waals surface area contributed by atoms with Crippen molar-refractivity contribution in [2.45, 2.75) is 64.4 Å². The molecular weight excluding hydrogens is 384 g/mol. The van der Waals surface area contributed by atoms with Crippen LogP contribution in [0.1, 0.15) is 58.3 Å². The first kappa shape index (κ1) is 23.0. The molecule has 0 aromatic heterocycles. The zero-order valence-corrected chi connectivity index (χ0v) is 19.5. The summed E-state index contributed by atoms with van der Waals surface area (Å²) in [4.78, 5) is 0. The second-order valence-corrected chi connectivity index (χ2v) is 10.4. The minimum atomic E-state index is -1.18. The maximum absolute atomic E-state index is 6.59. The fraction of sp³-hybridized carbons (Fsp3) is 0.481. The molecule has 0 amide bonds. The van der Waals surface area contributed by atoms with Gasteiger partial charge in [0.15, 0.2) is 0 Å². The first-order valence-corrected chi connectivity index (χ1v) is 13.1. The summed E-state index contributed by atoms with van der Waals surface area (Å²) in [5.41, 5.74) is 0. The summed E-state index contributed by atoms with van der Waals surface area (Å²) >= 11 is 0. The second-order valence-electron chi connectivity index (χ2n) is 8.29. The van der Waals surface area contributed by atoms with E-state index in [1.54, 1.807) is 0 Å². The maximum atomic E-state index is 6.59. The van der Waals surface area contributed by atoms with Gasteiger partial charge in [-0.3, -0.25) is 0 Å². The lowest BCUT2D eigenvalue weighted by atomic mass is 9.88. The number of rotatable bonds is 12. The SMILES string of the molecule is CCCCC=CCCOC1CCC(CO[Si](c2ccccc2)c2ccccc2)CC1. The molecule has 3 heteroatoms. The number of hydrogen-bond donors (Lipinski definition) is 0. The summed E-state index contributed by atoms with van der Waals surface area (Å²) in [6.45, 7) is 3.97. The summed E-state index contributed by atoms with van der Waals surface area (Å²) in [6, 6.07) is 21.5. The molecule has 0 spiro atoms. The number of hydrogen-bond acceptors (Lipinski definition) is 2. The van der Waals surface area contributed by atoms with Crippen LogP contribution in [-0.4, -0.2) is 28.4 Å². The van der Waals surface area contributed by atoms with Crippen LogP contribution < -0.4 is 10.4 Å². The zero-order valence-electron chi connectivity index (χ0n) is 18.5. The van der Waals surface area contributed by atoms with Gasteiger partial charge in [-0.05, 0) is 54.8 Å². The van der Waals surface area contributed by atoms with Crippen LogP contribution in [0.15, 0.2) is 72.8 Å². The van der Waals surface area contributed by atoms with Crippen LogP contribution in [0.4, 0.5) is 0 Å². The Bertz CT molecular complexity index is 669. The normalized spacial score (nSPS) is 19.5. The van der Waals surface area contributed by atoms with Gasteiger partial charge in [-0.1, -0.05) is 92.6 Å². The van der Waals surface area contributed by atoms with Gasteiger partial charge in [-0.25, -0.2) is 0 Å². The summed E-state index contributed by atoms with van der Waals surface area (Å²) in [7, 11) is -1.18. The highest BCUT2D eigenvalue weighted by Gasteiger charge is 2.25. The van der Waals surface area contributed by atoms with Crippen molar-refractivity contribution in [3.63, 3.8) is 0 Å². The Morgan fingerprint density at radius 2 is 1.43 bits per heavy atom. The highest BCUT2D eigenvalue weighted by molar-refractivity contribution is 6.80. The average molecular weight is 422 g/mol. The molecule has 2 aromatic rings. The quantitative estimate of drug-likeness (QED) is 0.255. The predicted octanol–water partition coefficient (Wildman–Crippen LogP) is 5.52. The number of ether oxygens (including phenoxy) is 1. The highest BCUT2D eigenvalue weighted by atomic mass is 28.3. The lowest BCUT2D eigenvalue weighted by Gasteiger charge is -2.29. The molecule has 30 heavy (non-hydrogen) atoms. The van der Waals surface area contributed by atoms with E-state index in [9.17, 15) is 0 Å². The third-order valence-electron chi connectivity index (χ3n) is 5.86. The van der Waals surface area contributed by atoms with Gasteiger partial charge in [0.1, 0.15) is 0 Å². The van der Waals surface area contributed by atoms with Gasteiger partial charge in [-0.2, -0.15) is 0 Å². The highest BCUT2D eigenvalue weighted by Crippen LogP contribution is 2.26. The van der Waals surface area contributed by atoms with Crippen molar-refractivity contribution in [3.05, 3.63) is 72.8 Å². The van der Waals surface area contributed by atoms with Crippen molar-refractivity contribution in [1.82, 2.24) is 0 Å². The van der Waals surface area contributed by atoms with Crippen molar-refractivity contribution in [1.29, 1.82) is 0 Å². The lowest BCUT2D eigenvalue weighted by molar-refractivity contribution is 0.0153. The third kappa shape index (κ3) is 7.86. The molecule has 2 nitrogen and oxygen atoms in total. The maximum Gasteiger partial charge on any atom is 0.282 e. The summed E-state index contributed by atoms with van der Waals surface area (Å²) < 4.78 is 12.7. The van der Waals surface area contributed by atoms with Crippen LogP contribution in [0.25, 0.3) is 0 Å². The zero-order chi connectivity index (χ0) is 20.9. The Balaban J connectivity index is 1.40. The molecular formula is C27H37O2Si. The molecule has 0 bridgehead atoms. The standard InChI is InChI=1S/C27H37O2Si/c1-2-3-4-5-6-13-22-28-25-20-18-24(19-21-25)23-29-30(26-14-9-7-10-15-26)27-16-11-8-12-17-27/h5-12,14-17,24-25H,2-4,13,18-23H2,1H3. The predicted molar refractivity (Wildman–Crippen MR) is 129 cm³/mol. The number of unbranched alkanes of at least 4 members (excludes halogenated alkanes) is 2. The first-order valence-electron chi connectivity index (χ1n) is 11.7. The minimum absolute atomic E-state index is 0.443. The molecule has 0 aliphatic heterocycles. The van der Waals surface area contributed by atoms with Gasteiger partial charge in [-0.15, -0.1) is 0 Å². The van der Waals surface area contributed by atoms with Crippen LogP contribution in [0.5, 0.6) is 0 Å². The van der Waals surface area contributed by atoms with Gasteiger partial charge >= 0.3 is 0 Å². The molecule has 0 heterocycles. The molecule has 1 aliphatic rings. The average Bonchev–Trinajstić information content (AvgIpc) is 2.81. The monoisotopic (exact) mass is 421 g/mol. The van der Waals surface area contributed by atoms with Gasteiger partial charge in [0.2, 0.25) is 0 Å². The Labute approximate surface area is 185 Å². The molecule has 1 aliphatic carbocycles. The number of allylic oxidation sites excluding steroid dienone is 1. The third-order valence-corrected chi connectivity index (χ3v) is 8.03. The Hall–Kier alpha value is -1.68. The van der Waals surface area contributed by atoms with Crippen LogP contribution in [0, 0.1) is 5.92 Å². The van der Waals surface area contributed by atoms with E-state index in [2.05, 4.69) is 79.7 Å². The van der Waals surface area contributed by atoms with E-state index in [1.165, 1.54) is 55.3 Å². The van der Waals surface area contributed by atoms with Crippen LogP contribution >= 0.6 is 0 Å². The van der Waals surface area contributed by atoms with E-state index >= 15 is 0 Å². The van der Waals surface area contributed by atoms with E-state index in [4.69, 9.17) is 9.16 Å². The molecule has 0 saturated heterocycles. The Morgan fingerprint density at radius 1 is 0.833 bits per heavy atom. The lowest BCUT2D eigenvalue weighted by Crippen LogP contribution is -2.46. The Morgan fingerprint density at radius 3 is 2.03 bits per heavy atom. The van der Waals surface area contributed by atoms with Gasteiger partial charge < -0.3 is 9.16 Å². The molecule has 0 unspecified atom stereocenters. The molecule has 0 atom stereocenters. The van der Waals surface area contributed by atoms with Crippen LogP contribution in [0.3, 0.4) is 0 Å². The van der Waals surface area contributed by atoms with Gasteiger partial charge in [0.25, 0.3) is 9.04 Å². The molecule has 1 fully saturated rings. The summed E-state index contributed by atoms with van der Waals surface area (Å²) in [5, 5.41) is 2.66. The first-order chi connectivity index (χ1) is 14.9.